The van der Waals surface area contributed by atoms with Crippen molar-refractivity contribution in [2.45, 2.75) is 39.2 Å². The first-order valence-electron chi connectivity index (χ1n) is 8.35. The molecule has 1 aromatic carbocycles. The van der Waals surface area contributed by atoms with Gasteiger partial charge in [0.25, 0.3) is 5.56 Å². The molecule has 0 bridgehead atoms. The first-order valence-corrected chi connectivity index (χ1v) is 9.16. The number of thiophene rings is 1. The molecule has 3 aromatic rings. The first kappa shape index (κ1) is 16.1. The Bertz CT molecular complexity index is 1030. The number of halogens is 1. The third-order valence-electron chi connectivity index (χ3n) is 4.73. The van der Waals surface area contributed by atoms with Gasteiger partial charge in [0.2, 0.25) is 0 Å². The monoisotopic (exact) mass is 356 g/mol. The van der Waals surface area contributed by atoms with Gasteiger partial charge in [0.05, 0.1) is 11.9 Å². The van der Waals surface area contributed by atoms with Crippen molar-refractivity contribution in [3.05, 3.63) is 62.3 Å². The van der Waals surface area contributed by atoms with Crippen LogP contribution in [0.15, 0.2) is 29.1 Å². The number of hydrogen-bond donors (Lipinski definition) is 0. The van der Waals surface area contributed by atoms with E-state index in [1.165, 1.54) is 33.7 Å². The lowest BCUT2D eigenvalue weighted by atomic mass is 9.97. The summed E-state index contributed by atoms with van der Waals surface area (Å²) < 4.78 is 14.5. The van der Waals surface area contributed by atoms with Crippen LogP contribution in [0.25, 0.3) is 10.2 Å². The molecule has 4 nitrogen and oxygen atoms in total. The van der Waals surface area contributed by atoms with Crippen molar-refractivity contribution in [2.75, 3.05) is 0 Å². The summed E-state index contributed by atoms with van der Waals surface area (Å²) in [4.78, 5) is 32.1. The van der Waals surface area contributed by atoms with Crippen LogP contribution in [0.4, 0.5) is 4.39 Å². The molecule has 2 aromatic heterocycles. The van der Waals surface area contributed by atoms with E-state index in [9.17, 15) is 14.0 Å². The van der Waals surface area contributed by atoms with Crippen molar-refractivity contribution >= 4 is 27.3 Å². The number of carbonyl (C=O) groups excluding carboxylic acids is 1. The minimum absolute atomic E-state index is 0.0795. The summed E-state index contributed by atoms with van der Waals surface area (Å²) in [5.74, 6) is -0.0834. The van der Waals surface area contributed by atoms with Crippen LogP contribution in [0.1, 0.15) is 39.5 Å². The van der Waals surface area contributed by atoms with Crippen LogP contribution in [0, 0.1) is 12.7 Å². The summed E-state index contributed by atoms with van der Waals surface area (Å²) in [5.41, 5.74) is 1.37. The van der Waals surface area contributed by atoms with Crippen LogP contribution in [-0.4, -0.2) is 15.3 Å². The number of aryl methyl sites for hydroxylation is 3. The van der Waals surface area contributed by atoms with Crippen molar-refractivity contribution in [3.8, 4) is 0 Å². The molecule has 6 heteroatoms. The molecule has 0 fully saturated rings. The minimum atomic E-state index is -0.391. The van der Waals surface area contributed by atoms with E-state index in [2.05, 4.69) is 4.98 Å². The zero-order chi connectivity index (χ0) is 17.6. The maximum absolute atomic E-state index is 13.0. The number of Topliss-reactive ketones (excluding diaryl/α,β-unsaturated/α-hetero) is 1. The van der Waals surface area contributed by atoms with Gasteiger partial charge in [-0.1, -0.05) is 0 Å². The van der Waals surface area contributed by atoms with E-state index in [0.717, 1.165) is 36.1 Å². The highest BCUT2D eigenvalue weighted by Gasteiger charge is 2.22. The second-order valence-corrected chi connectivity index (χ2v) is 7.46. The van der Waals surface area contributed by atoms with Gasteiger partial charge in [0, 0.05) is 10.4 Å². The lowest BCUT2D eigenvalue weighted by Crippen LogP contribution is -2.27. The molecular weight excluding hydrogens is 339 g/mol. The molecule has 0 radical (unpaired) electrons. The molecule has 1 aliphatic carbocycles. The van der Waals surface area contributed by atoms with E-state index >= 15 is 0 Å². The zero-order valence-electron chi connectivity index (χ0n) is 13.8. The predicted octanol–water partition coefficient (Wildman–Crippen LogP) is 3.67. The highest BCUT2D eigenvalue weighted by Crippen LogP contribution is 2.33. The topological polar surface area (TPSA) is 52.0 Å². The molecule has 0 amide bonds. The highest BCUT2D eigenvalue weighted by atomic mass is 32.1. The summed E-state index contributed by atoms with van der Waals surface area (Å²) in [6.45, 7) is 1.67. The van der Waals surface area contributed by atoms with E-state index in [0.29, 0.717) is 16.8 Å². The molecule has 0 atom stereocenters. The second-order valence-electron chi connectivity index (χ2n) is 6.37. The first-order chi connectivity index (χ1) is 12.0. The fourth-order valence-corrected chi connectivity index (χ4v) is 4.69. The van der Waals surface area contributed by atoms with Gasteiger partial charge in [-0.2, -0.15) is 0 Å². The van der Waals surface area contributed by atoms with E-state index < -0.39 is 5.82 Å². The third-order valence-corrected chi connectivity index (χ3v) is 5.92. The van der Waals surface area contributed by atoms with Crippen LogP contribution >= 0.6 is 11.3 Å². The zero-order valence-corrected chi connectivity index (χ0v) is 14.7. The van der Waals surface area contributed by atoms with Crippen LogP contribution < -0.4 is 5.56 Å². The Morgan fingerprint density at radius 1 is 1.24 bits per heavy atom. The molecule has 0 spiro atoms. The largest absolute Gasteiger partial charge is 0.292 e. The maximum Gasteiger partial charge on any atom is 0.262 e. The van der Waals surface area contributed by atoms with E-state index in [4.69, 9.17) is 0 Å². The molecule has 2 heterocycles. The number of benzene rings is 1. The Kier molecular flexibility index (Phi) is 4.00. The molecule has 0 N–H and O–H groups in total. The van der Waals surface area contributed by atoms with Crippen molar-refractivity contribution in [2.24, 2.45) is 0 Å². The van der Waals surface area contributed by atoms with E-state index in [1.54, 1.807) is 18.3 Å². The average Bonchev–Trinajstić information content (AvgIpc) is 2.97. The highest BCUT2D eigenvalue weighted by molar-refractivity contribution is 7.18. The smallest absolute Gasteiger partial charge is 0.262 e. The summed E-state index contributed by atoms with van der Waals surface area (Å²) in [6, 6.07) is 5.38. The summed E-state index contributed by atoms with van der Waals surface area (Å²) in [7, 11) is 0. The molecule has 0 saturated carbocycles. The van der Waals surface area contributed by atoms with Crippen molar-refractivity contribution in [1.82, 2.24) is 9.55 Å². The van der Waals surface area contributed by atoms with Gasteiger partial charge < -0.3 is 0 Å². The number of fused-ring (bicyclic) bond motifs is 3. The molecule has 4 rings (SSSR count). The van der Waals surface area contributed by atoms with Gasteiger partial charge in [-0.3, -0.25) is 14.2 Å². The Labute approximate surface area is 147 Å². The van der Waals surface area contributed by atoms with Crippen LogP contribution in [0.2, 0.25) is 0 Å². The van der Waals surface area contributed by atoms with E-state index in [-0.39, 0.29) is 17.9 Å². The average molecular weight is 356 g/mol. The van der Waals surface area contributed by atoms with Crippen molar-refractivity contribution in [1.29, 1.82) is 0 Å². The summed E-state index contributed by atoms with van der Waals surface area (Å²) >= 11 is 1.60. The van der Waals surface area contributed by atoms with Crippen LogP contribution in [0.5, 0.6) is 0 Å². The lowest BCUT2D eigenvalue weighted by molar-refractivity contribution is 0.0969. The minimum Gasteiger partial charge on any atom is -0.292 e. The van der Waals surface area contributed by atoms with Gasteiger partial charge in [0.1, 0.15) is 16.5 Å². The predicted molar refractivity (Wildman–Crippen MR) is 96.0 cm³/mol. The number of rotatable bonds is 3. The Morgan fingerprint density at radius 2 is 1.96 bits per heavy atom. The van der Waals surface area contributed by atoms with Crippen LogP contribution in [-0.2, 0) is 19.4 Å². The summed E-state index contributed by atoms with van der Waals surface area (Å²) in [6.07, 6.45) is 4.14. The number of carbonyl (C=O) groups is 1. The normalized spacial score (nSPS) is 13.8. The van der Waals surface area contributed by atoms with Gasteiger partial charge in [-0.25, -0.2) is 9.37 Å². The molecule has 25 heavy (non-hydrogen) atoms. The van der Waals surface area contributed by atoms with Crippen LogP contribution in [0.3, 0.4) is 0 Å². The lowest BCUT2D eigenvalue weighted by Gasteiger charge is -2.11. The summed E-state index contributed by atoms with van der Waals surface area (Å²) in [5, 5.41) is 0.678. The standard InChI is InChI=1S/C19H17FN2O2S/c1-11-21-18-17(14-4-2-3-5-16(14)25-18)19(24)22(11)10-15(23)12-6-8-13(20)9-7-12/h6-9H,2-5,10H2,1H3. The fourth-order valence-electron chi connectivity index (χ4n) is 3.40. The molecule has 0 saturated heterocycles. The Balaban J connectivity index is 1.78. The maximum atomic E-state index is 13.0. The molecule has 128 valence electrons. The van der Waals surface area contributed by atoms with Gasteiger partial charge in [-0.05, 0) is 62.4 Å². The Morgan fingerprint density at radius 3 is 2.72 bits per heavy atom. The van der Waals surface area contributed by atoms with E-state index in [1.807, 2.05) is 0 Å². The number of aromatic nitrogens is 2. The molecule has 0 aliphatic heterocycles. The number of hydrogen-bond acceptors (Lipinski definition) is 4. The van der Waals surface area contributed by atoms with Crippen molar-refractivity contribution in [3.63, 3.8) is 0 Å². The SMILES string of the molecule is Cc1nc2sc3c(c2c(=O)n1CC(=O)c1ccc(F)cc1)CCCC3. The molecular formula is C19H17FN2O2S. The number of nitrogens with zero attached hydrogens (tertiary/aromatic N) is 2. The van der Waals surface area contributed by atoms with Gasteiger partial charge >= 0.3 is 0 Å². The quantitative estimate of drug-likeness (QED) is 0.673. The van der Waals surface area contributed by atoms with Gasteiger partial charge in [-0.15, -0.1) is 11.3 Å². The number of ketones is 1. The molecule has 1 aliphatic rings. The third kappa shape index (κ3) is 2.80. The van der Waals surface area contributed by atoms with Crippen molar-refractivity contribution < 1.29 is 9.18 Å². The van der Waals surface area contributed by atoms with Gasteiger partial charge in [0.15, 0.2) is 5.78 Å². The molecule has 0 unspecified atom stereocenters. The Hall–Kier alpha value is -2.34. The fraction of sp³-hybridized carbons (Fsp3) is 0.316. The second kappa shape index (κ2) is 6.19.